The number of aromatic nitrogens is 3. The van der Waals surface area contributed by atoms with Crippen LogP contribution in [0, 0.1) is 6.92 Å². The smallest absolute Gasteiger partial charge is 0.261 e. The van der Waals surface area contributed by atoms with E-state index in [-0.39, 0.29) is 17.9 Å². The van der Waals surface area contributed by atoms with E-state index in [9.17, 15) is 4.79 Å². The summed E-state index contributed by atoms with van der Waals surface area (Å²) in [6.07, 6.45) is 2.08. The van der Waals surface area contributed by atoms with Gasteiger partial charge in [0.25, 0.3) is 11.9 Å². The molecule has 3 aromatic carbocycles. The highest BCUT2D eigenvalue weighted by atomic mass is 35.5. The quantitative estimate of drug-likeness (QED) is 0.398. The fourth-order valence-corrected chi connectivity index (χ4v) is 3.97. The maximum Gasteiger partial charge on any atom is 0.261 e. The normalized spacial score (nSPS) is 14.6. The lowest BCUT2D eigenvalue weighted by Gasteiger charge is -2.24. The van der Waals surface area contributed by atoms with Crippen molar-refractivity contribution in [1.29, 1.82) is 0 Å². The van der Waals surface area contributed by atoms with Gasteiger partial charge >= 0.3 is 0 Å². The standard InChI is InChI=1S/C26H22ClN5O2/c1-16-7-9-18(10-8-16)22-15-21(17-11-13-19(27)14-12-17)28-26-30-25(31-32(22)26)29-24(33)20-5-3-4-6-23(20)34-2/h3-15,22H,1-2H3,(H2,28,29,30,31,33)/t22-/m1/s1. The first-order chi connectivity index (χ1) is 16.5. The molecule has 1 aliphatic heterocycles. The maximum absolute atomic E-state index is 12.9. The first kappa shape index (κ1) is 21.7. The van der Waals surface area contributed by atoms with Crippen LogP contribution < -0.4 is 15.4 Å². The van der Waals surface area contributed by atoms with Gasteiger partial charge in [-0.05, 0) is 48.4 Å². The predicted octanol–water partition coefficient (Wildman–Crippen LogP) is 5.56. The fourth-order valence-electron chi connectivity index (χ4n) is 3.85. The first-order valence-electron chi connectivity index (χ1n) is 10.7. The molecule has 5 rings (SSSR count). The first-order valence-corrected chi connectivity index (χ1v) is 11.1. The topological polar surface area (TPSA) is 81.1 Å². The van der Waals surface area contributed by atoms with Crippen LogP contribution in [0.3, 0.4) is 0 Å². The number of amides is 1. The molecule has 1 aromatic heterocycles. The Bertz CT molecular complexity index is 1380. The molecule has 7 nitrogen and oxygen atoms in total. The van der Waals surface area contributed by atoms with E-state index in [0.717, 1.165) is 16.8 Å². The minimum atomic E-state index is -0.349. The summed E-state index contributed by atoms with van der Waals surface area (Å²) in [4.78, 5) is 17.4. The number of hydrogen-bond donors (Lipinski definition) is 2. The van der Waals surface area contributed by atoms with Crippen molar-refractivity contribution in [1.82, 2.24) is 14.8 Å². The molecule has 4 aromatic rings. The number of para-hydroxylation sites is 1. The van der Waals surface area contributed by atoms with Crippen molar-refractivity contribution < 1.29 is 9.53 Å². The number of benzene rings is 3. The number of nitrogens with one attached hydrogen (secondary N) is 2. The number of hydrogen-bond acceptors (Lipinski definition) is 5. The van der Waals surface area contributed by atoms with E-state index in [2.05, 4.69) is 51.1 Å². The van der Waals surface area contributed by atoms with Gasteiger partial charge in [0.15, 0.2) is 0 Å². The molecule has 0 spiro atoms. The average Bonchev–Trinajstić information content (AvgIpc) is 3.26. The van der Waals surface area contributed by atoms with Crippen LogP contribution >= 0.6 is 11.6 Å². The van der Waals surface area contributed by atoms with Crippen molar-refractivity contribution in [3.63, 3.8) is 0 Å². The van der Waals surface area contributed by atoms with Crippen molar-refractivity contribution in [2.24, 2.45) is 0 Å². The molecule has 0 bridgehead atoms. The number of nitrogens with zero attached hydrogens (tertiary/aromatic N) is 3. The van der Waals surface area contributed by atoms with Gasteiger partial charge in [0.05, 0.1) is 12.7 Å². The lowest BCUT2D eigenvalue weighted by atomic mass is 10.0. The lowest BCUT2D eigenvalue weighted by molar-refractivity contribution is 0.102. The SMILES string of the molecule is COc1ccccc1C(=O)Nc1nc2n(n1)[C@@H](c1ccc(C)cc1)C=C(c1ccc(Cl)cc1)N2. The third kappa shape index (κ3) is 4.25. The average molecular weight is 472 g/mol. The summed E-state index contributed by atoms with van der Waals surface area (Å²) in [5, 5.41) is 11.4. The number of anilines is 2. The van der Waals surface area contributed by atoms with Crippen LogP contribution in [0.25, 0.3) is 5.70 Å². The van der Waals surface area contributed by atoms with Gasteiger partial charge in [0.2, 0.25) is 5.95 Å². The van der Waals surface area contributed by atoms with Gasteiger partial charge in [0.1, 0.15) is 11.8 Å². The Morgan fingerprint density at radius 2 is 1.79 bits per heavy atom. The van der Waals surface area contributed by atoms with Crippen molar-refractivity contribution in [3.8, 4) is 5.75 Å². The van der Waals surface area contributed by atoms with E-state index in [1.165, 1.54) is 12.7 Å². The van der Waals surface area contributed by atoms with E-state index < -0.39 is 0 Å². The van der Waals surface area contributed by atoms with Crippen molar-refractivity contribution in [2.75, 3.05) is 17.7 Å². The summed E-state index contributed by atoms with van der Waals surface area (Å²) in [5.41, 5.74) is 4.47. The highest BCUT2D eigenvalue weighted by Gasteiger charge is 2.26. The summed E-state index contributed by atoms with van der Waals surface area (Å²) in [6.45, 7) is 2.05. The largest absolute Gasteiger partial charge is 0.496 e. The van der Waals surface area contributed by atoms with Crippen molar-refractivity contribution in [3.05, 3.63) is 106 Å². The molecular formula is C26H22ClN5O2. The predicted molar refractivity (Wildman–Crippen MR) is 133 cm³/mol. The fraction of sp³-hybridized carbons (Fsp3) is 0.115. The Balaban J connectivity index is 1.51. The molecule has 0 unspecified atom stereocenters. The van der Waals surface area contributed by atoms with Crippen LogP contribution in [0.1, 0.15) is 33.1 Å². The molecule has 0 aliphatic carbocycles. The second-order valence-corrected chi connectivity index (χ2v) is 8.36. The van der Waals surface area contributed by atoms with Gasteiger partial charge in [-0.15, -0.1) is 5.10 Å². The van der Waals surface area contributed by atoms with Gasteiger partial charge in [-0.25, -0.2) is 4.68 Å². The number of aryl methyl sites for hydroxylation is 1. The molecule has 170 valence electrons. The number of rotatable bonds is 5. The van der Waals surface area contributed by atoms with Crippen LogP contribution in [-0.4, -0.2) is 27.8 Å². The van der Waals surface area contributed by atoms with Gasteiger partial charge < -0.3 is 10.1 Å². The molecular weight excluding hydrogens is 450 g/mol. The van der Waals surface area contributed by atoms with Crippen LogP contribution in [-0.2, 0) is 0 Å². The molecule has 34 heavy (non-hydrogen) atoms. The Kier molecular flexibility index (Phi) is 5.77. The second kappa shape index (κ2) is 9.03. The Morgan fingerprint density at radius 1 is 1.06 bits per heavy atom. The van der Waals surface area contributed by atoms with Crippen LogP contribution in [0.2, 0.25) is 5.02 Å². The number of ether oxygens (including phenoxy) is 1. The Hall–Kier alpha value is -4.10. The van der Waals surface area contributed by atoms with E-state index >= 15 is 0 Å². The van der Waals surface area contributed by atoms with Crippen LogP contribution in [0.15, 0.2) is 78.9 Å². The molecule has 0 fully saturated rings. The van der Waals surface area contributed by atoms with Crippen molar-refractivity contribution >= 4 is 35.1 Å². The summed E-state index contributed by atoms with van der Waals surface area (Å²) < 4.78 is 7.07. The third-order valence-electron chi connectivity index (χ3n) is 5.62. The molecule has 0 saturated heterocycles. The Morgan fingerprint density at radius 3 is 2.53 bits per heavy atom. The number of carbonyl (C=O) groups is 1. The van der Waals surface area contributed by atoms with Gasteiger partial charge in [-0.1, -0.05) is 65.7 Å². The third-order valence-corrected chi connectivity index (χ3v) is 5.87. The minimum absolute atomic E-state index is 0.196. The highest BCUT2D eigenvalue weighted by molar-refractivity contribution is 6.30. The second-order valence-electron chi connectivity index (χ2n) is 7.93. The maximum atomic E-state index is 12.9. The minimum Gasteiger partial charge on any atom is -0.496 e. The van der Waals surface area contributed by atoms with E-state index in [1.54, 1.807) is 22.9 Å². The monoisotopic (exact) mass is 471 g/mol. The zero-order valence-corrected chi connectivity index (χ0v) is 19.4. The summed E-state index contributed by atoms with van der Waals surface area (Å²) in [7, 11) is 1.53. The summed E-state index contributed by atoms with van der Waals surface area (Å²) >= 11 is 6.08. The number of halogens is 1. The molecule has 1 atom stereocenters. The van der Waals surface area contributed by atoms with Gasteiger partial charge in [-0.3, -0.25) is 10.1 Å². The van der Waals surface area contributed by atoms with E-state index in [4.69, 9.17) is 16.3 Å². The molecule has 2 heterocycles. The van der Waals surface area contributed by atoms with E-state index in [1.807, 2.05) is 37.3 Å². The molecule has 0 radical (unpaired) electrons. The zero-order chi connectivity index (χ0) is 23.7. The lowest BCUT2D eigenvalue weighted by Crippen LogP contribution is -2.20. The summed E-state index contributed by atoms with van der Waals surface area (Å²) in [5.74, 6) is 0.846. The van der Waals surface area contributed by atoms with E-state index in [0.29, 0.717) is 22.3 Å². The number of carbonyl (C=O) groups excluding carboxylic acids is 1. The molecule has 1 aliphatic rings. The molecule has 1 amide bonds. The molecule has 0 saturated carbocycles. The number of fused-ring (bicyclic) bond motifs is 1. The number of methoxy groups -OCH3 is 1. The van der Waals surface area contributed by atoms with Gasteiger partial charge in [-0.2, -0.15) is 4.98 Å². The van der Waals surface area contributed by atoms with Crippen LogP contribution in [0.4, 0.5) is 11.9 Å². The summed E-state index contributed by atoms with van der Waals surface area (Å²) in [6, 6.07) is 22.7. The zero-order valence-electron chi connectivity index (χ0n) is 18.6. The van der Waals surface area contributed by atoms with Gasteiger partial charge in [0, 0.05) is 10.7 Å². The van der Waals surface area contributed by atoms with Crippen molar-refractivity contribution in [2.45, 2.75) is 13.0 Å². The molecule has 2 N–H and O–H groups in total. The number of allylic oxidation sites excluding steroid dienone is 1. The molecule has 8 heteroatoms. The van der Waals surface area contributed by atoms with Crippen LogP contribution in [0.5, 0.6) is 5.75 Å². The highest BCUT2D eigenvalue weighted by Crippen LogP contribution is 2.33. The Labute approximate surface area is 202 Å².